The van der Waals surface area contributed by atoms with Crippen LogP contribution in [0.2, 0.25) is 0 Å². The second kappa shape index (κ2) is 7.48. The van der Waals surface area contributed by atoms with Crippen molar-refractivity contribution in [2.75, 3.05) is 18.9 Å². The first-order valence-electron chi connectivity index (χ1n) is 8.78. The molecule has 2 unspecified atom stereocenters. The largest absolute Gasteiger partial charge is 0.475 e. The summed E-state index contributed by atoms with van der Waals surface area (Å²) in [7, 11) is -3.69. The van der Waals surface area contributed by atoms with Gasteiger partial charge in [-0.2, -0.15) is 4.98 Å². The maximum atomic E-state index is 12.8. The topological polar surface area (TPSA) is 134 Å². The smallest absolute Gasteiger partial charge is 0.369 e. The van der Waals surface area contributed by atoms with E-state index in [1.54, 1.807) is 4.57 Å². The lowest BCUT2D eigenvalue weighted by Crippen LogP contribution is -2.17. The molecule has 0 bridgehead atoms. The molecule has 0 radical (unpaired) electrons. The van der Waals surface area contributed by atoms with Gasteiger partial charge in [0, 0.05) is 13.0 Å². The van der Waals surface area contributed by atoms with Crippen molar-refractivity contribution in [3.8, 4) is 0 Å². The van der Waals surface area contributed by atoms with Crippen molar-refractivity contribution in [2.45, 2.75) is 26.0 Å². The molecule has 148 valence electrons. The lowest BCUT2D eigenvalue weighted by atomic mass is 10.0. The molecule has 1 aliphatic rings. The van der Waals surface area contributed by atoms with Crippen molar-refractivity contribution in [3.63, 3.8) is 0 Å². The predicted molar refractivity (Wildman–Crippen MR) is 102 cm³/mol. The lowest BCUT2D eigenvalue weighted by Gasteiger charge is -2.29. The molecule has 3 aromatic rings. The van der Waals surface area contributed by atoms with Crippen LogP contribution in [0.1, 0.15) is 23.7 Å². The number of phosphoric ester groups is 1. The number of aryl methyl sites for hydroxylation is 1. The van der Waals surface area contributed by atoms with Crippen LogP contribution in [0.3, 0.4) is 0 Å². The van der Waals surface area contributed by atoms with Crippen molar-refractivity contribution in [1.82, 2.24) is 19.5 Å². The zero-order chi connectivity index (χ0) is 19.7. The fraction of sp³-hybridized carbons (Fsp3) is 0.353. The van der Waals surface area contributed by atoms with E-state index in [0.29, 0.717) is 12.1 Å². The average molecular weight is 405 g/mol. The number of hydrogen-bond acceptors (Lipinski definition) is 8. The molecular weight excluding hydrogens is 385 g/mol. The molecule has 3 heterocycles. The van der Waals surface area contributed by atoms with Gasteiger partial charge < -0.3 is 10.3 Å². The highest BCUT2D eigenvalue weighted by molar-refractivity contribution is 7.48. The number of benzene rings is 1. The molecule has 2 aromatic heterocycles. The summed E-state index contributed by atoms with van der Waals surface area (Å²) in [5.41, 5.74) is 7.68. The van der Waals surface area contributed by atoms with E-state index in [4.69, 9.17) is 19.3 Å². The maximum Gasteiger partial charge on any atom is 0.475 e. The number of aromatic amines is 1. The highest BCUT2D eigenvalue weighted by atomic mass is 31.2. The predicted octanol–water partition coefficient (Wildman–Crippen LogP) is 2.31. The van der Waals surface area contributed by atoms with E-state index in [1.165, 1.54) is 6.33 Å². The minimum Gasteiger partial charge on any atom is -0.369 e. The Hall–Kier alpha value is -2.52. The summed E-state index contributed by atoms with van der Waals surface area (Å²) in [5, 5.41) is 0. The number of nitrogens with zero attached hydrogens (tertiary/aromatic N) is 3. The van der Waals surface area contributed by atoms with E-state index in [9.17, 15) is 9.36 Å². The first kappa shape index (κ1) is 18.8. The van der Waals surface area contributed by atoms with Crippen LogP contribution < -0.4 is 11.3 Å². The average Bonchev–Trinajstić information content (AvgIpc) is 3.05. The van der Waals surface area contributed by atoms with Crippen LogP contribution in [0.4, 0.5) is 5.95 Å². The van der Waals surface area contributed by atoms with Crippen molar-refractivity contribution >= 4 is 24.9 Å². The summed E-state index contributed by atoms with van der Waals surface area (Å²) in [4.78, 5) is 22.3. The van der Waals surface area contributed by atoms with Crippen molar-refractivity contribution in [3.05, 3.63) is 52.1 Å². The van der Waals surface area contributed by atoms with Gasteiger partial charge in [0.1, 0.15) is 0 Å². The van der Waals surface area contributed by atoms with Crippen molar-refractivity contribution in [1.29, 1.82) is 0 Å². The van der Waals surface area contributed by atoms with Crippen LogP contribution in [0.5, 0.6) is 0 Å². The fourth-order valence-electron chi connectivity index (χ4n) is 3.06. The maximum absolute atomic E-state index is 12.8. The summed E-state index contributed by atoms with van der Waals surface area (Å²) >= 11 is 0. The summed E-state index contributed by atoms with van der Waals surface area (Å²) in [6.45, 7) is 2.54. The normalized spacial score (nSPS) is 22.5. The quantitative estimate of drug-likeness (QED) is 0.618. The third-order valence-corrected chi connectivity index (χ3v) is 5.88. The fourth-order valence-corrected chi connectivity index (χ4v) is 4.43. The van der Waals surface area contributed by atoms with Crippen LogP contribution in [-0.4, -0.2) is 32.7 Å². The Morgan fingerprint density at radius 2 is 2.32 bits per heavy atom. The molecule has 11 heteroatoms. The minimum atomic E-state index is -3.69. The Balaban J connectivity index is 1.43. The summed E-state index contributed by atoms with van der Waals surface area (Å²) in [5.74, 6) is -0.00657. The molecule has 0 aliphatic carbocycles. The van der Waals surface area contributed by atoms with Gasteiger partial charge >= 0.3 is 7.82 Å². The molecule has 10 nitrogen and oxygen atoms in total. The number of rotatable bonds is 5. The number of nitrogens with two attached hydrogens (primary N) is 1. The lowest BCUT2D eigenvalue weighted by molar-refractivity contribution is 0.0273. The van der Waals surface area contributed by atoms with E-state index in [-0.39, 0.29) is 37.3 Å². The monoisotopic (exact) mass is 405 g/mol. The number of imidazole rings is 1. The number of anilines is 1. The van der Waals surface area contributed by atoms with E-state index in [2.05, 4.69) is 15.0 Å². The number of H-pyrrole nitrogens is 1. The van der Waals surface area contributed by atoms with Crippen LogP contribution in [0.15, 0.2) is 35.4 Å². The third kappa shape index (κ3) is 3.85. The Morgan fingerprint density at radius 1 is 1.46 bits per heavy atom. The zero-order valence-electron chi connectivity index (χ0n) is 15.2. The molecular formula is C17H20N5O5P. The SMILES string of the molecule is Cc1cccc(C2CCOP(=O)(OCCn3cnc4c(=O)[nH]c(N)nc43)O2)c1. The Kier molecular flexibility index (Phi) is 5.03. The zero-order valence-corrected chi connectivity index (χ0v) is 16.1. The van der Waals surface area contributed by atoms with E-state index >= 15 is 0 Å². The van der Waals surface area contributed by atoms with Gasteiger partial charge in [0.15, 0.2) is 11.2 Å². The highest BCUT2D eigenvalue weighted by Crippen LogP contribution is 2.56. The summed E-state index contributed by atoms with van der Waals surface area (Å²) < 4.78 is 30.8. The minimum absolute atomic E-state index is 0.00657. The van der Waals surface area contributed by atoms with Gasteiger partial charge in [-0.05, 0) is 12.5 Å². The molecule has 0 saturated carbocycles. The Labute approximate surface area is 160 Å². The molecule has 0 amide bonds. The van der Waals surface area contributed by atoms with Crippen molar-refractivity contribution in [2.24, 2.45) is 0 Å². The van der Waals surface area contributed by atoms with E-state index in [1.807, 2.05) is 31.2 Å². The second-order valence-corrected chi connectivity index (χ2v) is 8.09. The second-order valence-electron chi connectivity index (χ2n) is 6.47. The Morgan fingerprint density at radius 3 is 3.14 bits per heavy atom. The van der Waals surface area contributed by atoms with E-state index in [0.717, 1.165) is 11.1 Å². The van der Waals surface area contributed by atoms with Crippen LogP contribution in [0, 0.1) is 6.92 Å². The first-order valence-corrected chi connectivity index (χ1v) is 10.2. The van der Waals surface area contributed by atoms with Crippen LogP contribution in [0.25, 0.3) is 11.2 Å². The molecule has 3 N–H and O–H groups in total. The molecule has 1 aromatic carbocycles. The number of nitrogen functional groups attached to an aromatic ring is 1. The van der Waals surface area contributed by atoms with Gasteiger partial charge in [-0.25, -0.2) is 9.55 Å². The highest BCUT2D eigenvalue weighted by Gasteiger charge is 2.36. The Bertz CT molecular complexity index is 1110. The molecule has 28 heavy (non-hydrogen) atoms. The third-order valence-electron chi connectivity index (χ3n) is 4.37. The molecule has 2 atom stereocenters. The van der Waals surface area contributed by atoms with Gasteiger partial charge in [-0.15, -0.1) is 0 Å². The number of aromatic nitrogens is 4. The van der Waals surface area contributed by atoms with Gasteiger partial charge in [0.2, 0.25) is 5.95 Å². The molecule has 1 saturated heterocycles. The number of hydrogen-bond donors (Lipinski definition) is 2. The first-order chi connectivity index (χ1) is 13.4. The number of fused-ring (bicyclic) bond motifs is 1. The van der Waals surface area contributed by atoms with Gasteiger partial charge in [-0.3, -0.25) is 23.3 Å². The molecule has 1 aliphatic heterocycles. The summed E-state index contributed by atoms with van der Waals surface area (Å²) in [6, 6.07) is 7.84. The summed E-state index contributed by atoms with van der Waals surface area (Å²) in [6.07, 6.45) is 1.69. The van der Waals surface area contributed by atoms with Gasteiger partial charge in [0.25, 0.3) is 5.56 Å². The van der Waals surface area contributed by atoms with Crippen LogP contribution in [-0.2, 0) is 24.7 Å². The van der Waals surface area contributed by atoms with E-state index < -0.39 is 13.4 Å². The number of phosphoric acid groups is 1. The molecule has 4 rings (SSSR count). The number of nitrogens with one attached hydrogen (secondary N) is 1. The van der Waals surface area contributed by atoms with Gasteiger partial charge in [0.05, 0.1) is 25.6 Å². The molecule has 0 spiro atoms. The van der Waals surface area contributed by atoms with Crippen LogP contribution >= 0.6 is 7.82 Å². The standard InChI is InChI=1S/C17H20N5O5P/c1-11-3-2-4-12(9-11)13-5-7-25-28(24,27-13)26-8-6-22-10-19-14-15(22)20-17(18)21-16(14)23/h2-4,9-10,13H,5-8H2,1H3,(H3,18,20,21,23). The molecule has 1 fully saturated rings. The van der Waals surface area contributed by atoms with Crippen molar-refractivity contribution < 1.29 is 18.1 Å². The van der Waals surface area contributed by atoms with Gasteiger partial charge in [-0.1, -0.05) is 29.8 Å².